The molecule has 0 fully saturated rings. The zero-order valence-electron chi connectivity index (χ0n) is 8.58. The van der Waals surface area contributed by atoms with Crippen molar-refractivity contribution in [3.63, 3.8) is 0 Å². The minimum atomic E-state index is -0.0382. The van der Waals surface area contributed by atoms with Crippen LogP contribution in [0.15, 0.2) is 30.8 Å². The maximum absolute atomic E-state index is 11.6. The molecule has 0 aromatic heterocycles. The number of carbonyl (C=O) groups excluding carboxylic acids is 1. The van der Waals surface area contributed by atoms with Crippen LogP contribution in [0.5, 0.6) is 0 Å². The maximum atomic E-state index is 11.6. The molecule has 2 heteroatoms. The lowest BCUT2D eigenvalue weighted by Gasteiger charge is -2.08. The number of rotatable bonds is 3. The van der Waals surface area contributed by atoms with Crippen LogP contribution in [0.1, 0.15) is 29.8 Å². The van der Waals surface area contributed by atoms with Crippen molar-refractivity contribution in [3.05, 3.63) is 42.0 Å². The SMILES string of the molecule is C=Cc1cccc(C(=O)NC(C)C)c1. The van der Waals surface area contributed by atoms with E-state index >= 15 is 0 Å². The fourth-order valence-electron chi connectivity index (χ4n) is 1.15. The molecule has 0 atom stereocenters. The topological polar surface area (TPSA) is 29.1 Å². The predicted molar refractivity (Wildman–Crippen MR) is 59.1 cm³/mol. The molecule has 0 bridgehead atoms. The van der Waals surface area contributed by atoms with Gasteiger partial charge in [-0.05, 0) is 31.5 Å². The molecule has 0 spiro atoms. The number of amides is 1. The monoisotopic (exact) mass is 189 g/mol. The van der Waals surface area contributed by atoms with E-state index in [2.05, 4.69) is 11.9 Å². The summed E-state index contributed by atoms with van der Waals surface area (Å²) < 4.78 is 0. The second-order valence-corrected chi connectivity index (χ2v) is 3.46. The molecule has 0 radical (unpaired) electrons. The molecule has 14 heavy (non-hydrogen) atoms. The fourth-order valence-corrected chi connectivity index (χ4v) is 1.15. The number of carbonyl (C=O) groups is 1. The van der Waals surface area contributed by atoms with Gasteiger partial charge in [-0.15, -0.1) is 0 Å². The van der Waals surface area contributed by atoms with Gasteiger partial charge in [-0.2, -0.15) is 0 Å². The first-order valence-corrected chi connectivity index (χ1v) is 4.67. The van der Waals surface area contributed by atoms with Crippen LogP contribution < -0.4 is 5.32 Å². The van der Waals surface area contributed by atoms with Crippen LogP contribution in [0.3, 0.4) is 0 Å². The lowest BCUT2D eigenvalue weighted by Crippen LogP contribution is -2.30. The van der Waals surface area contributed by atoms with Gasteiger partial charge in [0.2, 0.25) is 0 Å². The van der Waals surface area contributed by atoms with Crippen molar-refractivity contribution in [1.82, 2.24) is 5.32 Å². The average molecular weight is 189 g/mol. The Morgan fingerprint density at radius 2 is 2.21 bits per heavy atom. The van der Waals surface area contributed by atoms with Gasteiger partial charge in [0.05, 0.1) is 0 Å². The lowest BCUT2D eigenvalue weighted by atomic mass is 10.1. The molecule has 1 amide bonds. The standard InChI is InChI=1S/C12H15NO/c1-4-10-6-5-7-11(8-10)12(14)13-9(2)3/h4-9H,1H2,2-3H3,(H,13,14). The van der Waals surface area contributed by atoms with Crippen LogP contribution in [0.25, 0.3) is 6.08 Å². The van der Waals surface area contributed by atoms with Gasteiger partial charge in [0.25, 0.3) is 5.91 Å². The highest BCUT2D eigenvalue weighted by Gasteiger charge is 2.05. The van der Waals surface area contributed by atoms with E-state index in [0.29, 0.717) is 5.56 Å². The van der Waals surface area contributed by atoms with Crippen LogP contribution in [0.4, 0.5) is 0 Å². The van der Waals surface area contributed by atoms with Crippen molar-refractivity contribution in [2.45, 2.75) is 19.9 Å². The Kier molecular flexibility index (Phi) is 3.46. The summed E-state index contributed by atoms with van der Waals surface area (Å²) in [5, 5.41) is 2.84. The summed E-state index contributed by atoms with van der Waals surface area (Å²) in [6.07, 6.45) is 1.73. The molecule has 0 aliphatic rings. The molecule has 0 unspecified atom stereocenters. The number of hydrogen-bond donors (Lipinski definition) is 1. The van der Waals surface area contributed by atoms with E-state index in [9.17, 15) is 4.79 Å². The molecule has 1 rings (SSSR count). The third-order valence-corrected chi connectivity index (χ3v) is 1.80. The maximum Gasteiger partial charge on any atom is 0.251 e. The van der Waals surface area contributed by atoms with E-state index in [1.54, 1.807) is 12.1 Å². The van der Waals surface area contributed by atoms with Crippen LogP contribution in [-0.4, -0.2) is 11.9 Å². The van der Waals surface area contributed by atoms with E-state index in [1.165, 1.54) is 0 Å². The van der Waals surface area contributed by atoms with Crippen LogP contribution in [0, 0.1) is 0 Å². The largest absolute Gasteiger partial charge is 0.350 e. The highest BCUT2D eigenvalue weighted by atomic mass is 16.1. The molecule has 2 nitrogen and oxygen atoms in total. The molecule has 1 aromatic carbocycles. The van der Waals surface area contributed by atoms with Gasteiger partial charge >= 0.3 is 0 Å². The Bertz CT molecular complexity index is 342. The van der Waals surface area contributed by atoms with Crippen molar-refractivity contribution in [1.29, 1.82) is 0 Å². The Morgan fingerprint density at radius 1 is 1.50 bits per heavy atom. The summed E-state index contributed by atoms with van der Waals surface area (Å²) in [4.78, 5) is 11.6. The lowest BCUT2D eigenvalue weighted by molar-refractivity contribution is 0.0943. The highest BCUT2D eigenvalue weighted by molar-refractivity contribution is 5.94. The van der Waals surface area contributed by atoms with Crippen molar-refractivity contribution >= 4 is 12.0 Å². The van der Waals surface area contributed by atoms with E-state index in [1.807, 2.05) is 32.0 Å². The normalized spacial score (nSPS) is 9.93. The highest BCUT2D eigenvalue weighted by Crippen LogP contribution is 2.06. The second kappa shape index (κ2) is 4.61. The van der Waals surface area contributed by atoms with E-state index < -0.39 is 0 Å². The van der Waals surface area contributed by atoms with Gasteiger partial charge < -0.3 is 5.32 Å². The van der Waals surface area contributed by atoms with Gasteiger partial charge in [0, 0.05) is 11.6 Å². The zero-order chi connectivity index (χ0) is 10.6. The molecule has 0 aliphatic carbocycles. The molecular weight excluding hydrogens is 174 g/mol. The Morgan fingerprint density at radius 3 is 2.79 bits per heavy atom. The molecule has 1 aromatic rings. The first kappa shape index (κ1) is 10.5. The molecule has 0 heterocycles. The van der Waals surface area contributed by atoms with Gasteiger partial charge in [0.1, 0.15) is 0 Å². The van der Waals surface area contributed by atoms with Gasteiger partial charge in [-0.1, -0.05) is 24.8 Å². The van der Waals surface area contributed by atoms with Crippen LogP contribution in [0.2, 0.25) is 0 Å². The zero-order valence-corrected chi connectivity index (χ0v) is 8.58. The van der Waals surface area contributed by atoms with Crippen molar-refractivity contribution in [3.8, 4) is 0 Å². The number of hydrogen-bond acceptors (Lipinski definition) is 1. The Balaban J connectivity index is 2.84. The summed E-state index contributed by atoms with van der Waals surface area (Å²) in [6.45, 7) is 7.54. The predicted octanol–water partition coefficient (Wildman–Crippen LogP) is 2.47. The number of benzene rings is 1. The van der Waals surface area contributed by atoms with Gasteiger partial charge in [-0.3, -0.25) is 4.79 Å². The van der Waals surface area contributed by atoms with Crippen LogP contribution in [-0.2, 0) is 0 Å². The summed E-state index contributed by atoms with van der Waals surface area (Å²) in [5.41, 5.74) is 1.64. The number of nitrogens with one attached hydrogen (secondary N) is 1. The Labute approximate surface area is 84.6 Å². The van der Waals surface area contributed by atoms with Gasteiger partial charge in [-0.25, -0.2) is 0 Å². The van der Waals surface area contributed by atoms with Crippen LogP contribution >= 0.6 is 0 Å². The van der Waals surface area contributed by atoms with Crippen molar-refractivity contribution in [2.24, 2.45) is 0 Å². The second-order valence-electron chi connectivity index (χ2n) is 3.46. The quantitative estimate of drug-likeness (QED) is 0.777. The molecule has 0 saturated carbocycles. The van der Waals surface area contributed by atoms with Crippen molar-refractivity contribution < 1.29 is 4.79 Å². The molecular formula is C12H15NO. The van der Waals surface area contributed by atoms with E-state index in [4.69, 9.17) is 0 Å². The molecule has 74 valence electrons. The first-order chi connectivity index (χ1) is 6.63. The van der Waals surface area contributed by atoms with Gasteiger partial charge in [0.15, 0.2) is 0 Å². The first-order valence-electron chi connectivity index (χ1n) is 4.67. The van der Waals surface area contributed by atoms with E-state index in [-0.39, 0.29) is 11.9 Å². The minimum absolute atomic E-state index is 0.0382. The summed E-state index contributed by atoms with van der Waals surface area (Å²) in [7, 11) is 0. The summed E-state index contributed by atoms with van der Waals surface area (Å²) in [6, 6.07) is 7.55. The minimum Gasteiger partial charge on any atom is -0.350 e. The Hall–Kier alpha value is -1.57. The third-order valence-electron chi connectivity index (χ3n) is 1.80. The molecule has 0 aliphatic heterocycles. The third kappa shape index (κ3) is 2.73. The van der Waals surface area contributed by atoms with Crippen molar-refractivity contribution in [2.75, 3.05) is 0 Å². The molecule has 1 N–H and O–H groups in total. The fraction of sp³-hybridized carbons (Fsp3) is 0.250. The van der Waals surface area contributed by atoms with E-state index in [0.717, 1.165) is 5.56 Å². The smallest absolute Gasteiger partial charge is 0.251 e. The summed E-state index contributed by atoms with van der Waals surface area (Å²) >= 11 is 0. The average Bonchev–Trinajstić information content (AvgIpc) is 2.17. The summed E-state index contributed by atoms with van der Waals surface area (Å²) in [5.74, 6) is -0.0382. The molecule has 0 saturated heterocycles.